The average Bonchev–Trinajstić information content (AvgIpc) is 2.49. The molecule has 0 spiro atoms. The smallest absolute Gasteiger partial charge is 0.221 e. The van der Waals surface area contributed by atoms with Gasteiger partial charge in [0.15, 0.2) is 0 Å². The van der Waals surface area contributed by atoms with Gasteiger partial charge >= 0.3 is 0 Å². The molecular weight excluding hydrogens is 196 g/mol. The van der Waals surface area contributed by atoms with Crippen molar-refractivity contribution in [3.8, 4) is 0 Å². The first kappa shape index (κ1) is 11.9. The second kappa shape index (κ2) is 5.03. The van der Waals surface area contributed by atoms with Gasteiger partial charge in [0.1, 0.15) is 0 Å². The second-order valence-electron chi connectivity index (χ2n) is 4.36. The Bertz CT molecular complexity index is 200. The number of nitrogens with two attached hydrogens (primary N) is 1. The van der Waals surface area contributed by atoms with E-state index in [4.69, 9.17) is 5.73 Å². The van der Waals surface area contributed by atoms with Gasteiger partial charge in [-0.3, -0.25) is 4.79 Å². The Morgan fingerprint density at radius 1 is 1.71 bits per heavy atom. The number of hydrogen-bond donors (Lipinski definition) is 2. The number of carbonyl (C=O) groups excluding carboxylic acids is 1. The molecule has 0 bridgehead atoms. The maximum Gasteiger partial charge on any atom is 0.221 e. The summed E-state index contributed by atoms with van der Waals surface area (Å²) < 4.78 is 0.257. The zero-order valence-electron chi connectivity index (χ0n) is 9.01. The lowest BCUT2D eigenvalue weighted by atomic mass is 10.1. The summed E-state index contributed by atoms with van der Waals surface area (Å²) in [6.07, 6.45) is 2.90. The molecule has 0 aromatic heterocycles. The lowest BCUT2D eigenvalue weighted by Gasteiger charge is -2.23. The molecule has 1 aliphatic heterocycles. The van der Waals surface area contributed by atoms with Gasteiger partial charge in [-0.1, -0.05) is 0 Å². The Balaban J connectivity index is 2.22. The normalized spacial score (nSPS) is 28.8. The van der Waals surface area contributed by atoms with Gasteiger partial charge < -0.3 is 11.1 Å². The zero-order valence-corrected chi connectivity index (χ0v) is 9.82. The molecule has 4 heteroatoms. The fourth-order valence-electron chi connectivity index (χ4n) is 1.63. The van der Waals surface area contributed by atoms with E-state index < -0.39 is 0 Å². The van der Waals surface area contributed by atoms with Gasteiger partial charge in [-0.05, 0) is 32.4 Å². The summed E-state index contributed by atoms with van der Waals surface area (Å²) in [5.41, 5.74) is 5.54. The Labute approximate surface area is 90.2 Å². The first-order valence-electron chi connectivity index (χ1n) is 5.18. The highest BCUT2D eigenvalue weighted by Gasteiger charge is 2.29. The number of thioether (sulfide) groups is 1. The summed E-state index contributed by atoms with van der Waals surface area (Å²) in [5.74, 6) is 1.30. The zero-order chi connectivity index (χ0) is 10.6. The third kappa shape index (κ3) is 3.88. The molecule has 0 aromatic carbocycles. The minimum atomic E-state index is -0.0426. The summed E-state index contributed by atoms with van der Waals surface area (Å²) in [6, 6.07) is -0.0426. The van der Waals surface area contributed by atoms with Crippen LogP contribution in [0.5, 0.6) is 0 Å². The molecule has 3 N–H and O–H groups in total. The molecule has 1 aliphatic rings. The van der Waals surface area contributed by atoms with Crippen LogP contribution in [0.15, 0.2) is 0 Å². The van der Waals surface area contributed by atoms with Gasteiger partial charge in [-0.2, -0.15) is 11.8 Å². The number of hydrogen-bond acceptors (Lipinski definition) is 3. The molecule has 3 nitrogen and oxygen atoms in total. The van der Waals surface area contributed by atoms with Crippen LogP contribution in [0, 0.1) is 0 Å². The Hall–Kier alpha value is -0.220. The van der Waals surface area contributed by atoms with E-state index in [2.05, 4.69) is 12.2 Å². The predicted octanol–water partition coefficient (Wildman–Crippen LogP) is 1.13. The van der Waals surface area contributed by atoms with Gasteiger partial charge in [-0.25, -0.2) is 0 Å². The maximum atomic E-state index is 11.4. The van der Waals surface area contributed by atoms with E-state index in [-0.39, 0.29) is 16.7 Å². The van der Waals surface area contributed by atoms with Gasteiger partial charge in [0, 0.05) is 23.8 Å². The van der Waals surface area contributed by atoms with Crippen LogP contribution in [-0.4, -0.2) is 29.0 Å². The van der Waals surface area contributed by atoms with Crippen LogP contribution in [0.2, 0.25) is 0 Å². The third-order valence-corrected chi connectivity index (χ3v) is 4.01. The molecule has 0 radical (unpaired) electrons. The monoisotopic (exact) mass is 216 g/mol. The minimum absolute atomic E-state index is 0.0426. The van der Waals surface area contributed by atoms with E-state index in [0.717, 1.165) is 6.54 Å². The van der Waals surface area contributed by atoms with Crippen LogP contribution in [0.1, 0.15) is 33.1 Å². The third-order valence-electron chi connectivity index (χ3n) is 2.47. The van der Waals surface area contributed by atoms with Crippen molar-refractivity contribution in [3.05, 3.63) is 0 Å². The number of amides is 1. The van der Waals surface area contributed by atoms with Crippen LogP contribution in [0.4, 0.5) is 0 Å². The molecule has 1 rings (SSSR count). The van der Waals surface area contributed by atoms with Crippen molar-refractivity contribution >= 4 is 17.7 Å². The van der Waals surface area contributed by atoms with Crippen LogP contribution < -0.4 is 11.1 Å². The van der Waals surface area contributed by atoms with Crippen molar-refractivity contribution in [1.82, 2.24) is 5.32 Å². The van der Waals surface area contributed by atoms with E-state index in [1.165, 1.54) is 18.6 Å². The van der Waals surface area contributed by atoms with Gasteiger partial charge in [0.2, 0.25) is 5.91 Å². The molecular formula is C10H20N2OS. The molecule has 82 valence electrons. The maximum absolute atomic E-state index is 11.4. The highest BCUT2D eigenvalue weighted by molar-refractivity contribution is 8.00. The van der Waals surface area contributed by atoms with E-state index in [1.54, 1.807) is 0 Å². The molecule has 1 heterocycles. The van der Waals surface area contributed by atoms with Crippen LogP contribution in [0.25, 0.3) is 0 Å². The highest BCUT2D eigenvalue weighted by Crippen LogP contribution is 2.36. The van der Waals surface area contributed by atoms with Crippen molar-refractivity contribution < 1.29 is 4.79 Å². The lowest BCUT2D eigenvalue weighted by Crippen LogP contribution is -2.38. The first-order valence-corrected chi connectivity index (χ1v) is 6.17. The molecule has 0 saturated carbocycles. The van der Waals surface area contributed by atoms with Gasteiger partial charge in [0.05, 0.1) is 0 Å². The molecule has 2 atom stereocenters. The summed E-state index contributed by atoms with van der Waals surface area (Å²) >= 11 is 1.96. The largest absolute Gasteiger partial charge is 0.355 e. The number of rotatable bonds is 4. The second-order valence-corrected chi connectivity index (χ2v) is 6.04. The quantitative estimate of drug-likeness (QED) is 0.740. The van der Waals surface area contributed by atoms with E-state index in [9.17, 15) is 4.79 Å². The fraction of sp³-hybridized carbons (Fsp3) is 0.900. The van der Waals surface area contributed by atoms with Crippen molar-refractivity contribution in [1.29, 1.82) is 0 Å². The predicted molar refractivity (Wildman–Crippen MR) is 61.4 cm³/mol. The van der Waals surface area contributed by atoms with Crippen LogP contribution in [-0.2, 0) is 4.79 Å². The molecule has 14 heavy (non-hydrogen) atoms. The Morgan fingerprint density at radius 3 is 2.93 bits per heavy atom. The fourth-order valence-corrected chi connectivity index (χ4v) is 2.87. The summed E-state index contributed by atoms with van der Waals surface area (Å²) in [6.45, 7) is 4.85. The van der Waals surface area contributed by atoms with E-state index in [0.29, 0.717) is 6.42 Å². The van der Waals surface area contributed by atoms with Crippen molar-refractivity contribution in [2.24, 2.45) is 5.73 Å². The van der Waals surface area contributed by atoms with Gasteiger partial charge in [0.25, 0.3) is 0 Å². The van der Waals surface area contributed by atoms with E-state index >= 15 is 0 Å². The van der Waals surface area contributed by atoms with Crippen LogP contribution >= 0.6 is 11.8 Å². The molecule has 0 aromatic rings. The highest BCUT2D eigenvalue weighted by atomic mass is 32.2. The summed E-state index contributed by atoms with van der Waals surface area (Å²) in [7, 11) is 0. The van der Waals surface area contributed by atoms with Crippen molar-refractivity contribution in [2.45, 2.75) is 43.9 Å². The standard InChI is InChI=1S/C10H20N2OS/c1-8(11)6-9(13)12-7-10(2)4-3-5-14-10/h8H,3-7,11H2,1-2H3,(H,12,13). The first-order chi connectivity index (χ1) is 6.52. The summed E-state index contributed by atoms with van der Waals surface area (Å²) in [4.78, 5) is 11.4. The molecule has 2 unspecified atom stereocenters. The van der Waals surface area contributed by atoms with Crippen molar-refractivity contribution in [2.75, 3.05) is 12.3 Å². The molecule has 1 amide bonds. The Morgan fingerprint density at radius 2 is 2.43 bits per heavy atom. The van der Waals surface area contributed by atoms with Crippen molar-refractivity contribution in [3.63, 3.8) is 0 Å². The topological polar surface area (TPSA) is 55.1 Å². The van der Waals surface area contributed by atoms with Crippen LogP contribution in [0.3, 0.4) is 0 Å². The Kier molecular flexibility index (Phi) is 4.26. The molecule has 0 aliphatic carbocycles. The van der Waals surface area contributed by atoms with Gasteiger partial charge in [-0.15, -0.1) is 0 Å². The SMILES string of the molecule is CC(N)CC(=O)NCC1(C)CCCS1. The lowest BCUT2D eigenvalue weighted by molar-refractivity contribution is -0.121. The molecule has 1 fully saturated rings. The van der Waals surface area contributed by atoms with E-state index in [1.807, 2.05) is 18.7 Å². The number of carbonyl (C=O) groups is 1. The minimum Gasteiger partial charge on any atom is -0.355 e. The molecule has 1 saturated heterocycles. The number of nitrogens with one attached hydrogen (secondary N) is 1. The average molecular weight is 216 g/mol. The summed E-state index contributed by atoms with van der Waals surface area (Å²) in [5, 5.41) is 2.96.